The maximum Gasteiger partial charge on any atom is 0.219 e. The van der Waals surface area contributed by atoms with Gasteiger partial charge in [0.05, 0.1) is 11.4 Å². The van der Waals surface area contributed by atoms with Gasteiger partial charge in [-0.25, -0.2) is 0 Å². The van der Waals surface area contributed by atoms with Crippen LogP contribution in [0, 0.1) is 0 Å². The average molecular weight is 412 g/mol. The number of hydrogen-bond donors (Lipinski definition) is 0. The van der Waals surface area contributed by atoms with Gasteiger partial charge in [-0.3, -0.25) is 19.4 Å². The zero-order valence-electron chi connectivity index (χ0n) is 18.1. The Labute approximate surface area is 181 Å². The molecule has 0 atom stereocenters. The molecule has 0 fully saturated rings. The van der Waals surface area contributed by atoms with Gasteiger partial charge in [-0.2, -0.15) is 5.10 Å². The van der Waals surface area contributed by atoms with Gasteiger partial charge in [-0.1, -0.05) is 25.1 Å². The van der Waals surface area contributed by atoms with E-state index in [1.54, 1.807) is 6.92 Å². The molecule has 4 aromatic rings. The number of aryl methyl sites for hydroxylation is 2. The predicted molar refractivity (Wildman–Crippen MR) is 121 cm³/mol. The van der Waals surface area contributed by atoms with Crippen molar-refractivity contribution in [1.82, 2.24) is 24.6 Å². The first-order chi connectivity index (χ1) is 15.0. The fourth-order valence-corrected chi connectivity index (χ4v) is 4.40. The van der Waals surface area contributed by atoms with Crippen molar-refractivity contribution in [2.24, 2.45) is 7.05 Å². The van der Waals surface area contributed by atoms with E-state index < -0.39 is 0 Å². The monoisotopic (exact) mass is 411 g/mol. The first kappa shape index (κ1) is 19.4. The van der Waals surface area contributed by atoms with Gasteiger partial charge in [0.15, 0.2) is 0 Å². The first-order valence-corrected chi connectivity index (χ1v) is 10.7. The zero-order valence-corrected chi connectivity index (χ0v) is 18.1. The molecule has 0 unspecified atom stereocenters. The molecule has 6 heteroatoms. The van der Waals surface area contributed by atoms with Gasteiger partial charge in [0.25, 0.3) is 0 Å². The van der Waals surface area contributed by atoms with Crippen LogP contribution in [0.15, 0.2) is 48.8 Å². The van der Waals surface area contributed by atoms with Gasteiger partial charge in [0.2, 0.25) is 5.91 Å². The van der Waals surface area contributed by atoms with Crippen LogP contribution in [-0.2, 0) is 31.2 Å². The Balaban J connectivity index is 1.60. The van der Waals surface area contributed by atoms with Crippen LogP contribution in [-0.4, -0.2) is 37.1 Å². The molecule has 1 aliphatic heterocycles. The topological polar surface area (TPSA) is 63.9 Å². The fraction of sp³-hybridized carbons (Fsp3) is 0.280. The highest BCUT2D eigenvalue weighted by molar-refractivity contribution is 5.97. The summed E-state index contributed by atoms with van der Waals surface area (Å²) in [6.07, 6.45) is 5.57. The van der Waals surface area contributed by atoms with E-state index in [-0.39, 0.29) is 5.91 Å². The molecule has 0 spiro atoms. The van der Waals surface area contributed by atoms with Crippen LogP contribution >= 0.6 is 0 Å². The van der Waals surface area contributed by atoms with E-state index in [4.69, 9.17) is 10.1 Å². The normalized spacial score (nSPS) is 13.5. The second kappa shape index (κ2) is 7.61. The average Bonchev–Trinajstić information content (AvgIpc) is 3.14. The summed E-state index contributed by atoms with van der Waals surface area (Å²) >= 11 is 0. The van der Waals surface area contributed by atoms with Gasteiger partial charge in [0.1, 0.15) is 0 Å². The van der Waals surface area contributed by atoms with Gasteiger partial charge >= 0.3 is 0 Å². The van der Waals surface area contributed by atoms with E-state index in [1.807, 2.05) is 29.0 Å². The van der Waals surface area contributed by atoms with E-state index >= 15 is 0 Å². The third kappa shape index (κ3) is 3.38. The maximum atomic E-state index is 12.0. The minimum Gasteiger partial charge on any atom is -0.338 e. The lowest BCUT2D eigenvalue weighted by Gasteiger charge is -2.26. The summed E-state index contributed by atoms with van der Waals surface area (Å²) in [6, 6.07) is 12.5. The van der Waals surface area contributed by atoms with Crippen molar-refractivity contribution in [2.75, 3.05) is 6.54 Å². The summed E-state index contributed by atoms with van der Waals surface area (Å²) < 4.78 is 1.96. The number of hydrogen-bond acceptors (Lipinski definition) is 4. The molecule has 1 aliphatic rings. The highest BCUT2D eigenvalue weighted by Gasteiger charge is 2.26. The summed E-state index contributed by atoms with van der Waals surface area (Å²) in [5.41, 5.74) is 7.33. The lowest BCUT2D eigenvalue weighted by atomic mass is 9.97. The standard InChI is InChI=1S/C25H25N5O/c1-4-19-9-8-18(13-26-19)23-12-17-6-5-7-20(21(17)14-27-23)25-22-15-30(16(2)31)11-10-24(22)29(3)28-25/h5-9,12-14H,4,10-11,15H2,1-3H3. The van der Waals surface area contributed by atoms with Crippen molar-refractivity contribution in [3.63, 3.8) is 0 Å². The molecule has 4 heterocycles. The molecule has 0 saturated carbocycles. The van der Waals surface area contributed by atoms with Crippen LogP contribution in [0.1, 0.15) is 30.8 Å². The molecule has 3 aromatic heterocycles. The maximum absolute atomic E-state index is 12.0. The third-order valence-electron chi connectivity index (χ3n) is 6.19. The minimum atomic E-state index is 0.104. The summed E-state index contributed by atoms with van der Waals surface area (Å²) in [4.78, 5) is 23.1. The third-order valence-corrected chi connectivity index (χ3v) is 6.19. The van der Waals surface area contributed by atoms with Crippen LogP contribution in [0.3, 0.4) is 0 Å². The number of fused-ring (bicyclic) bond motifs is 2. The Bertz CT molecular complexity index is 1290. The van der Waals surface area contributed by atoms with Crippen LogP contribution in [0.5, 0.6) is 0 Å². The second-order valence-corrected chi connectivity index (χ2v) is 8.08. The van der Waals surface area contributed by atoms with E-state index in [2.05, 4.69) is 48.3 Å². The highest BCUT2D eigenvalue weighted by Crippen LogP contribution is 2.35. The van der Waals surface area contributed by atoms with E-state index in [9.17, 15) is 4.79 Å². The smallest absolute Gasteiger partial charge is 0.219 e. The minimum absolute atomic E-state index is 0.104. The second-order valence-electron chi connectivity index (χ2n) is 8.08. The molecule has 1 amide bonds. The molecule has 0 aliphatic carbocycles. The fourth-order valence-electron chi connectivity index (χ4n) is 4.40. The number of carbonyl (C=O) groups excluding carboxylic acids is 1. The van der Waals surface area contributed by atoms with Crippen LogP contribution in [0.2, 0.25) is 0 Å². The van der Waals surface area contributed by atoms with Crippen molar-refractivity contribution < 1.29 is 4.79 Å². The highest BCUT2D eigenvalue weighted by atomic mass is 16.2. The molecule has 0 saturated heterocycles. The Morgan fingerprint density at radius 3 is 2.74 bits per heavy atom. The van der Waals surface area contributed by atoms with Crippen molar-refractivity contribution in [1.29, 1.82) is 0 Å². The molecule has 1 aromatic carbocycles. The molecule has 0 radical (unpaired) electrons. The molecular weight excluding hydrogens is 386 g/mol. The molecule has 0 bridgehead atoms. The summed E-state index contributed by atoms with van der Waals surface area (Å²) in [6.45, 7) is 5.08. The number of pyridine rings is 2. The quantitative estimate of drug-likeness (QED) is 0.508. The number of carbonyl (C=O) groups is 1. The number of nitrogens with zero attached hydrogens (tertiary/aromatic N) is 5. The van der Waals surface area contributed by atoms with Gasteiger partial charge in [0, 0.05) is 79.3 Å². The Kier molecular flexibility index (Phi) is 4.77. The predicted octanol–water partition coefficient (Wildman–Crippen LogP) is 4.16. The Hall–Kier alpha value is -3.54. The Morgan fingerprint density at radius 1 is 1.13 bits per heavy atom. The van der Waals surface area contributed by atoms with Crippen LogP contribution in [0.25, 0.3) is 33.3 Å². The molecule has 31 heavy (non-hydrogen) atoms. The van der Waals surface area contributed by atoms with E-state index in [1.165, 1.54) is 5.69 Å². The van der Waals surface area contributed by atoms with Gasteiger partial charge in [-0.05, 0) is 30.0 Å². The van der Waals surface area contributed by atoms with Gasteiger partial charge < -0.3 is 4.90 Å². The lowest BCUT2D eigenvalue weighted by molar-refractivity contribution is -0.129. The van der Waals surface area contributed by atoms with Crippen molar-refractivity contribution >= 4 is 16.7 Å². The summed E-state index contributed by atoms with van der Waals surface area (Å²) in [5.74, 6) is 0.104. The van der Waals surface area contributed by atoms with E-state index in [0.717, 1.165) is 63.9 Å². The van der Waals surface area contributed by atoms with Crippen molar-refractivity contribution in [2.45, 2.75) is 33.2 Å². The molecule has 5 rings (SSSR count). The number of rotatable bonds is 3. The largest absolute Gasteiger partial charge is 0.338 e. The number of benzene rings is 1. The molecule has 6 nitrogen and oxygen atoms in total. The summed E-state index contributed by atoms with van der Waals surface area (Å²) in [7, 11) is 1.99. The van der Waals surface area contributed by atoms with Gasteiger partial charge in [-0.15, -0.1) is 0 Å². The number of amides is 1. The molecule has 0 N–H and O–H groups in total. The van der Waals surface area contributed by atoms with Crippen LogP contribution in [0.4, 0.5) is 0 Å². The van der Waals surface area contributed by atoms with Crippen LogP contribution < -0.4 is 0 Å². The number of aromatic nitrogens is 4. The molecule has 156 valence electrons. The van der Waals surface area contributed by atoms with Crippen molar-refractivity contribution in [3.8, 4) is 22.5 Å². The molecular formula is C25H25N5O. The van der Waals surface area contributed by atoms with E-state index in [0.29, 0.717) is 6.54 Å². The lowest BCUT2D eigenvalue weighted by Crippen LogP contribution is -2.34. The van der Waals surface area contributed by atoms with Crippen molar-refractivity contribution in [3.05, 3.63) is 65.7 Å². The Morgan fingerprint density at radius 2 is 2.00 bits per heavy atom. The zero-order chi connectivity index (χ0) is 21.5. The SMILES string of the molecule is CCc1ccc(-c2cc3cccc(-c4nn(C)c5c4CN(C(C)=O)CC5)c3cn2)cn1. The first-order valence-electron chi connectivity index (χ1n) is 10.7. The summed E-state index contributed by atoms with van der Waals surface area (Å²) in [5, 5.41) is 7.02.